The van der Waals surface area contributed by atoms with Crippen molar-refractivity contribution in [3.8, 4) is 0 Å². The monoisotopic (exact) mass is 254 g/mol. The third kappa shape index (κ3) is 8.93. The van der Waals surface area contributed by atoms with Gasteiger partial charge >= 0.3 is 0 Å². The molecular formula is C16H34N2. The molecule has 0 heterocycles. The number of nitrogens with one attached hydrogen (secondary N) is 1. The van der Waals surface area contributed by atoms with Gasteiger partial charge in [-0.3, -0.25) is 0 Å². The Morgan fingerprint density at radius 3 is 1.94 bits per heavy atom. The molecule has 1 saturated carbocycles. The van der Waals surface area contributed by atoms with E-state index in [9.17, 15) is 0 Å². The smallest absolute Gasteiger partial charge is 0.0107 e. The molecule has 0 saturated heterocycles. The largest absolute Gasteiger partial charge is 0.315 e. The van der Waals surface area contributed by atoms with E-state index < -0.39 is 0 Å². The highest BCUT2D eigenvalue weighted by atomic mass is 15.1. The summed E-state index contributed by atoms with van der Waals surface area (Å²) < 4.78 is 0. The minimum Gasteiger partial charge on any atom is -0.315 e. The second-order valence-electron chi connectivity index (χ2n) is 6.85. The van der Waals surface area contributed by atoms with Crippen LogP contribution in [0.4, 0.5) is 0 Å². The Morgan fingerprint density at radius 1 is 0.944 bits per heavy atom. The van der Waals surface area contributed by atoms with Crippen LogP contribution in [0.3, 0.4) is 0 Å². The highest BCUT2D eigenvalue weighted by Crippen LogP contribution is 2.27. The van der Waals surface area contributed by atoms with Crippen LogP contribution in [-0.4, -0.2) is 37.6 Å². The normalized spacial score (nSPS) is 16.2. The van der Waals surface area contributed by atoms with Gasteiger partial charge in [0.2, 0.25) is 0 Å². The van der Waals surface area contributed by atoms with Crippen molar-refractivity contribution in [1.29, 1.82) is 0 Å². The van der Waals surface area contributed by atoms with Gasteiger partial charge in [0.05, 0.1) is 0 Å². The van der Waals surface area contributed by atoms with E-state index in [1.54, 1.807) is 0 Å². The number of rotatable bonds is 11. The van der Waals surface area contributed by atoms with Crippen molar-refractivity contribution in [1.82, 2.24) is 10.2 Å². The molecule has 0 radical (unpaired) electrons. The van der Waals surface area contributed by atoms with Crippen molar-refractivity contribution in [3.05, 3.63) is 0 Å². The summed E-state index contributed by atoms with van der Waals surface area (Å²) in [5.41, 5.74) is 0. The Morgan fingerprint density at radius 2 is 1.50 bits per heavy atom. The summed E-state index contributed by atoms with van der Waals surface area (Å²) in [6.07, 6.45) is 5.58. The number of nitrogens with zero attached hydrogens (tertiary/aromatic N) is 1. The van der Waals surface area contributed by atoms with Crippen molar-refractivity contribution >= 4 is 0 Å². The zero-order chi connectivity index (χ0) is 13.4. The lowest BCUT2D eigenvalue weighted by Gasteiger charge is -2.24. The molecule has 0 aromatic rings. The van der Waals surface area contributed by atoms with Gasteiger partial charge in [-0.05, 0) is 63.1 Å². The molecule has 2 heteroatoms. The lowest BCUT2D eigenvalue weighted by Crippen LogP contribution is -2.35. The van der Waals surface area contributed by atoms with Gasteiger partial charge in [-0.1, -0.05) is 27.7 Å². The molecular weight excluding hydrogens is 220 g/mol. The maximum absolute atomic E-state index is 3.61. The maximum atomic E-state index is 3.61. The molecule has 18 heavy (non-hydrogen) atoms. The summed E-state index contributed by atoms with van der Waals surface area (Å²) >= 11 is 0. The molecule has 0 aromatic carbocycles. The molecule has 0 amide bonds. The van der Waals surface area contributed by atoms with Crippen LogP contribution in [0.5, 0.6) is 0 Å². The van der Waals surface area contributed by atoms with E-state index in [1.807, 2.05) is 0 Å². The molecule has 1 rings (SSSR count). The third-order valence-corrected chi connectivity index (χ3v) is 3.78. The fraction of sp³-hybridized carbons (Fsp3) is 1.00. The minimum atomic E-state index is 0.825. The van der Waals surface area contributed by atoms with E-state index in [0.717, 1.165) is 17.8 Å². The average Bonchev–Trinajstić information content (AvgIpc) is 3.10. The van der Waals surface area contributed by atoms with Gasteiger partial charge in [-0.2, -0.15) is 0 Å². The van der Waals surface area contributed by atoms with Crippen LogP contribution in [0.15, 0.2) is 0 Å². The van der Waals surface area contributed by atoms with Gasteiger partial charge < -0.3 is 10.2 Å². The van der Waals surface area contributed by atoms with Crippen LogP contribution < -0.4 is 5.32 Å². The lowest BCUT2D eigenvalue weighted by molar-refractivity contribution is 0.243. The van der Waals surface area contributed by atoms with Crippen LogP contribution >= 0.6 is 0 Å². The molecule has 0 aliphatic heterocycles. The van der Waals surface area contributed by atoms with Crippen LogP contribution in [0.25, 0.3) is 0 Å². The van der Waals surface area contributed by atoms with Crippen LogP contribution in [0.2, 0.25) is 0 Å². The first-order chi connectivity index (χ1) is 8.58. The van der Waals surface area contributed by atoms with Crippen molar-refractivity contribution in [2.24, 2.45) is 17.8 Å². The molecule has 0 unspecified atom stereocenters. The molecule has 1 aliphatic rings. The molecule has 0 spiro atoms. The van der Waals surface area contributed by atoms with Crippen molar-refractivity contribution < 1.29 is 0 Å². The molecule has 1 N–H and O–H groups in total. The SMILES string of the molecule is CC(C)CCN(CCNCC1CC1)CCC(C)C. The third-order valence-electron chi connectivity index (χ3n) is 3.78. The molecule has 1 fully saturated rings. The Bertz CT molecular complexity index is 185. The van der Waals surface area contributed by atoms with E-state index in [0.29, 0.717) is 0 Å². The van der Waals surface area contributed by atoms with Gasteiger partial charge in [0, 0.05) is 13.1 Å². The van der Waals surface area contributed by atoms with Gasteiger partial charge in [-0.25, -0.2) is 0 Å². The lowest BCUT2D eigenvalue weighted by atomic mass is 10.1. The van der Waals surface area contributed by atoms with Gasteiger partial charge in [-0.15, -0.1) is 0 Å². The summed E-state index contributed by atoms with van der Waals surface area (Å²) in [6, 6.07) is 0. The fourth-order valence-electron chi connectivity index (χ4n) is 2.08. The van der Waals surface area contributed by atoms with Gasteiger partial charge in [0.25, 0.3) is 0 Å². The molecule has 1 aliphatic carbocycles. The Labute approximate surface area is 115 Å². The first kappa shape index (κ1) is 16.0. The quantitative estimate of drug-likeness (QED) is 0.569. The standard InChI is InChI=1S/C16H34N2/c1-14(2)7-10-18(11-8-15(3)4)12-9-17-13-16-5-6-16/h14-17H,5-13H2,1-4H3. The fourth-order valence-corrected chi connectivity index (χ4v) is 2.08. The first-order valence-corrected chi connectivity index (χ1v) is 8.01. The predicted octanol–water partition coefficient (Wildman–Crippen LogP) is 3.38. The van der Waals surface area contributed by atoms with E-state index >= 15 is 0 Å². The van der Waals surface area contributed by atoms with E-state index in [1.165, 1.54) is 58.4 Å². The summed E-state index contributed by atoms with van der Waals surface area (Å²) in [4.78, 5) is 2.65. The van der Waals surface area contributed by atoms with Gasteiger partial charge in [0.1, 0.15) is 0 Å². The molecule has 0 aromatic heterocycles. The maximum Gasteiger partial charge on any atom is 0.0107 e. The van der Waals surface area contributed by atoms with Crippen LogP contribution in [0, 0.1) is 17.8 Å². The Kier molecular flexibility index (Phi) is 7.92. The van der Waals surface area contributed by atoms with E-state index in [4.69, 9.17) is 0 Å². The zero-order valence-electron chi connectivity index (χ0n) is 13.0. The predicted molar refractivity (Wildman–Crippen MR) is 80.9 cm³/mol. The van der Waals surface area contributed by atoms with Crippen molar-refractivity contribution in [2.45, 2.75) is 53.4 Å². The molecule has 0 atom stereocenters. The highest BCUT2D eigenvalue weighted by molar-refractivity contribution is 4.75. The average molecular weight is 254 g/mol. The van der Waals surface area contributed by atoms with Crippen LogP contribution in [0.1, 0.15) is 53.4 Å². The van der Waals surface area contributed by atoms with Gasteiger partial charge in [0.15, 0.2) is 0 Å². The van der Waals surface area contributed by atoms with Crippen molar-refractivity contribution in [3.63, 3.8) is 0 Å². The second kappa shape index (κ2) is 8.92. The Hall–Kier alpha value is -0.0800. The molecule has 108 valence electrons. The molecule has 0 bridgehead atoms. The number of hydrogen-bond acceptors (Lipinski definition) is 2. The number of hydrogen-bond donors (Lipinski definition) is 1. The van der Waals surface area contributed by atoms with Crippen molar-refractivity contribution in [2.75, 3.05) is 32.7 Å². The minimum absolute atomic E-state index is 0.825. The highest BCUT2D eigenvalue weighted by Gasteiger charge is 2.20. The topological polar surface area (TPSA) is 15.3 Å². The Balaban J connectivity index is 2.10. The summed E-state index contributed by atoms with van der Waals surface area (Å²) in [5.74, 6) is 2.65. The van der Waals surface area contributed by atoms with Crippen LogP contribution in [-0.2, 0) is 0 Å². The van der Waals surface area contributed by atoms with E-state index in [2.05, 4.69) is 37.9 Å². The summed E-state index contributed by atoms with van der Waals surface area (Å²) in [5, 5.41) is 3.61. The first-order valence-electron chi connectivity index (χ1n) is 8.01. The second-order valence-corrected chi connectivity index (χ2v) is 6.85. The summed E-state index contributed by atoms with van der Waals surface area (Å²) in [6.45, 7) is 15.5. The zero-order valence-corrected chi connectivity index (χ0v) is 13.0. The summed E-state index contributed by atoms with van der Waals surface area (Å²) in [7, 11) is 0. The molecule has 2 nitrogen and oxygen atoms in total. The van der Waals surface area contributed by atoms with E-state index in [-0.39, 0.29) is 0 Å².